The average molecular weight is 474 g/mol. The van der Waals surface area contributed by atoms with Crippen molar-refractivity contribution in [1.29, 1.82) is 0 Å². The van der Waals surface area contributed by atoms with Crippen molar-refractivity contribution < 1.29 is 19.1 Å². The molecule has 9 heteroatoms. The number of anilines is 1. The number of carbonyl (C=O) groups excluding carboxylic acids is 2. The van der Waals surface area contributed by atoms with Gasteiger partial charge in [0, 0.05) is 16.1 Å². The number of amides is 1. The fraction of sp³-hybridized carbons (Fsp3) is 0.167. The number of halogens is 3. The highest BCUT2D eigenvalue weighted by atomic mass is 79.9. The van der Waals surface area contributed by atoms with Crippen molar-refractivity contribution in [1.82, 2.24) is 4.98 Å². The molecule has 0 aliphatic rings. The van der Waals surface area contributed by atoms with Gasteiger partial charge in [0.1, 0.15) is 5.75 Å². The van der Waals surface area contributed by atoms with Gasteiger partial charge in [0.2, 0.25) is 0 Å². The highest BCUT2D eigenvalue weighted by molar-refractivity contribution is 9.10. The SMILES string of the molecule is COc1ccc(Br)cc1C=CC(=O)OCC(=O)Nc1nc(C)c(Cl)cc1Cl. The van der Waals surface area contributed by atoms with Crippen molar-refractivity contribution in [3.8, 4) is 5.75 Å². The van der Waals surface area contributed by atoms with Crippen molar-refractivity contribution in [2.45, 2.75) is 6.92 Å². The lowest BCUT2D eigenvalue weighted by Gasteiger charge is -2.08. The lowest BCUT2D eigenvalue weighted by molar-refractivity contribution is -0.142. The summed E-state index contributed by atoms with van der Waals surface area (Å²) >= 11 is 15.2. The van der Waals surface area contributed by atoms with Crippen LogP contribution in [0, 0.1) is 6.92 Å². The summed E-state index contributed by atoms with van der Waals surface area (Å²) in [7, 11) is 1.53. The van der Waals surface area contributed by atoms with Crippen LogP contribution in [0.3, 0.4) is 0 Å². The van der Waals surface area contributed by atoms with Crippen LogP contribution in [-0.2, 0) is 14.3 Å². The number of benzene rings is 1. The van der Waals surface area contributed by atoms with E-state index in [4.69, 9.17) is 32.7 Å². The smallest absolute Gasteiger partial charge is 0.331 e. The quantitative estimate of drug-likeness (QED) is 0.487. The van der Waals surface area contributed by atoms with Crippen LogP contribution in [0.15, 0.2) is 34.8 Å². The van der Waals surface area contributed by atoms with Gasteiger partial charge in [-0.05, 0) is 37.3 Å². The Kier molecular flexibility index (Phi) is 7.65. The molecule has 6 nitrogen and oxygen atoms in total. The molecule has 0 radical (unpaired) electrons. The molecule has 2 rings (SSSR count). The van der Waals surface area contributed by atoms with Crippen LogP contribution >= 0.6 is 39.1 Å². The second-order valence-corrected chi connectivity index (χ2v) is 6.99. The first-order valence-corrected chi connectivity index (χ1v) is 9.16. The molecule has 2 aromatic rings. The number of pyridine rings is 1. The van der Waals surface area contributed by atoms with E-state index in [-0.39, 0.29) is 10.8 Å². The number of aryl methyl sites for hydroxylation is 1. The summed E-state index contributed by atoms with van der Waals surface area (Å²) in [5.74, 6) is -0.515. The lowest BCUT2D eigenvalue weighted by Crippen LogP contribution is -2.21. The van der Waals surface area contributed by atoms with E-state index in [0.29, 0.717) is 22.0 Å². The molecule has 0 bridgehead atoms. The molecule has 1 amide bonds. The van der Waals surface area contributed by atoms with E-state index in [2.05, 4.69) is 26.2 Å². The molecule has 0 fully saturated rings. The zero-order valence-corrected chi connectivity index (χ0v) is 17.5. The Hall–Kier alpha value is -2.09. The van der Waals surface area contributed by atoms with E-state index in [0.717, 1.165) is 4.47 Å². The second kappa shape index (κ2) is 9.73. The zero-order chi connectivity index (χ0) is 20.0. The molecular formula is C18H15BrCl2N2O4. The molecule has 0 unspecified atom stereocenters. The first-order chi connectivity index (χ1) is 12.8. The van der Waals surface area contributed by atoms with Crippen molar-refractivity contribution >= 4 is 62.9 Å². The Morgan fingerprint density at radius 1 is 1.26 bits per heavy atom. The van der Waals surface area contributed by atoms with Gasteiger partial charge in [-0.2, -0.15) is 0 Å². The molecule has 1 aromatic heterocycles. The van der Waals surface area contributed by atoms with Gasteiger partial charge < -0.3 is 14.8 Å². The number of ether oxygens (including phenoxy) is 2. The molecule has 0 aliphatic carbocycles. The van der Waals surface area contributed by atoms with Crippen molar-refractivity contribution in [2.24, 2.45) is 0 Å². The fourth-order valence-electron chi connectivity index (χ4n) is 1.99. The number of carbonyl (C=O) groups is 2. The number of nitrogens with one attached hydrogen (secondary N) is 1. The summed E-state index contributed by atoms with van der Waals surface area (Å²) in [6.45, 7) is 1.19. The first kappa shape index (κ1) is 21.2. The van der Waals surface area contributed by atoms with E-state index < -0.39 is 18.5 Å². The first-order valence-electron chi connectivity index (χ1n) is 7.61. The minimum Gasteiger partial charge on any atom is -0.496 e. The van der Waals surface area contributed by atoms with Crippen molar-refractivity contribution in [3.63, 3.8) is 0 Å². The van der Waals surface area contributed by atoms with Gasteiger partial charge in [0.15, 0.2) is 12.4 Å². The standard InChI is InChI=1S/C18H15BrCl2N2O4/c1-10-13(20)8-14(21)18(22-10)23-16(24)9-27-17(25)6-3-11-7-12(19)4-5-15(11)26-2/h3-8H,9H2,1-2H3,(H,22,23,24). The normalized spacial score (nSPS) is 10.7. The van der Waals surface area contributed by atoms with Crippen LogP contribution in [0.2, 0.25) is 10.0 Å². The summed E-state index contributed by atoms with van der Waals surface area (Å²) in [5, 5.41) is 3.04. The van der Waals surface area contributed by atoms with Crippen LogP contribution in [0.5, 0.6) is 5.75 Å². The number of hydrogen-bond donors (Lipinski definition) is 1. The monoisotopic (exact) mass is 472 g/mol. The van der Waals surface area contributed by atoms with Crippen LogP contribution in [-0.4, -0.2) is 30.6 Å². The molecule has 1 N–H and O–H groups in total. The van der Waals surface area contributed by atoms with Gasteiger partial charge in [0.05, 0.1) is 22.8 Å². The number of methoxy groups -OCH3 is 1. The van der Waals surface area contributed by atoms with E-state index in [9.17, 15) is 9.59 Å². The van der Waals surface area contributed by atoms with Gasteiger partial charge in [-0.3, -0.25) is 4.79 Å². The maximum Gasteiger partial charge on any atom is 0.331 e. The maximum atomic E-state index is 11.9. The Morgan fingerprint density at radius 2 is 2.00 bits per heavy atom. The average Bonchev–Trinajstić information content (AvgIpc) is 2.63. The molecule has 0 saturated carbocycles. The van der Waals surface area contributed by atoms with Gasteiger partial charge in [-0.25, -0.2) is 9.78 Å². The minimum atomic E-state index is -0.682. The van der Waals surface area contributed by atoms with E-state index in [1.807, 2.05) is 6.07 Å². The topological polar surface area (TPSA) is 77.5 Å². The number of hydrogen-bond acceptors (Lipinski definition) is 5. The van der Waals surface area contributed by atoms with Crippen molar-refractivity contribution in [3.05, 3.63) is 56.1 Å². The summed E-state index contributed by atoms with van der Waals surface area (Å²) in [6, 6.07) is 6.83. The van der Waals surface area contributed by atoms with Crippen LogP contribution in [0.1, 0.15) is 11.3 Å². The molecule has 1 heterocycles. The number of aromatic nitrogens is 1. The van der Waals surface area contributed by atoms with Crippen LogP contribution in [0.25, 0.3) is 6.08 Å². The third kappa shape index (κ3) is 6.23. The zero-order valence-electron chi connectivity index (χ0n) is 14.4. The minimum absolute atomic E-state index is 0.147. The molecule has 0 aliphatic heterocycles. The van der Waals surface area contributed by atoms with Crippen LogP contribution in [0.4, 0.5) is 5.82 Å². The summed E-state index contributed by atoms with van der Waals surface area (Å²) in [4.78, 5) is 27.8. The summed E-state index contributed by atoms with van der Waals surface area (Å²) < 4.78 is 10.9. The highest BCUT2D eigenvalue weighted by Gasteiger charge is 2.11. The third-order valence-corrected chi connectivity index (χ3v) is 4.46. The Balaban J connectivity index is 1.93. The molecule has 27 heavy (non-hydrogen) atoms. The van der Waals surface area contributed by atoms with Crippen LogP contribution < -0.4 is 10.1 Å². The number of esters is 1. The molecule has 142 valence electrons. The van der Waals surface area contributed by atoms with E-state index in [1.165, 1.54) is 25.3 Å². The van der Waals surface area contributed by atoms with Gasteiger partial charge >= 0.3 is 5.97 Å². The van der Waals surface area contributed by atoms with Crippen molar-refractivity contribution in [2.75, 3.05) is 19.0 Å². The second-order valence-electron chi connectivity index (χ2n) is 5.26. The molecular weight excluding hydrogens is 459 g/mol. The third-order valence-electron chi connectivity index (χ3n) is 3.30. The number of nitrogens with zero attached hydrogens (tertiary/aromatic N) is 1. The largest absolute Gasteiger partial charge is 0.496 e. The van der Waals surface area contributed by atoms with Gasteiger partial charge in [-0.1, -0.05) is 39.1 Å². The predicted molar refractivity (Wildman–Crippen MR) is 108 cm³/mol. The molecule has 0 spiro atoms. The fourth-order valence-corrected chi connectivity index (χ4v) is 2.78. The lowest BCUT2D eigenvalue weighted by atomic mass is 10.2. The van der Waals surface area contributed by atoms with E-state index in [1.54, 1.807) is 19.1 Å². The molecule has 1 aromatic carbocycles. The summed E-state index contributed by atoms with van der Waals surface area (Å²) in [6.07, 6.45) is 2.74. The summed E-state index contributed by atoms with van der Waals surface area (Å²) in [5.41, 5.74) is 1.19. The Labute approximate surface area is 174 Å². The number of rotatable bonds is 6. The Bertz CT molecular complexity index is 903. The molecule has 0 saturated heterocycles. The predicted octanol–water partition coefficient (Wildman–Crippen LogP) is 4.66. The van der Waals surface area contributed by atoms with E-state index >= 15 is 0 Å². The Morgan fingerprint density at radius 3 is 2.70 bits per heavy atom. The molecule has 0 atom stereocenters. The highest BCUT2D eigenvalue weighted by Crippen LogP contribution is 2.26. The van der Waals surface area contributed by atoms with Gasteiger partial charge in [0.25, 0.3) is 5.91 Å². The van der Waals surface area contributed by atoms with Gasteiger partial charge in [-0.15, -0.1) is 0 Å². The maximum absolute atomic E-state index is 11.9.